The van der Waals surface area contributed by atoms with Crippen molar-refractivity contribution in [3.63, 3.8) is 0 Å². The van der Waals surface area contributed by atoms with Crippen LogP contribution in [0.1, 0.15) is 12.2 Å². The number of aromatic nitrogens is 2. The summed E-state index contributed by atoms with van der Waals surface area (Å²) in [5.74, 6) is 1.01. The Morgan fingerprint density at radius 3 is 3.15 bits per heavy atom. The fourth-order valence-electron chi connectivity index (χ4n) is 3.80. The van der Waals surface area contributed by atoms with Crippen LogP contribution in [0.5, 0.6) is 0 Å². The first-order chi connectivity index (χ1) is 12.6. The van der Waals surface area contributed by atoms with Crippen molar-refractivity contribution in [2.75, 3.05) is 27.2 Å². The molecule has 8 nitrogen and oxygen atoms in total. The SMILES string of the molecule is CN1CCC2NNC(C(=O)N(C)Cc3cc(-c4cccnc4)no3)C2C1. The average molecular weight is 356 g/mol. The minimum absolute atomic E-state index is 0.0691. The molecule has 0 aromatic carbocycles. The van der Waals surface area contributed by atoms with Crippen LogP contribution in [0.2, 0.25) is 0 Å². The molecular formula is C18H24N6O2. The lowest BCUT2D eigenvalue weighted by Gasteiger charge is -2.34. The van der Waals surface area contributed by atoms with Crippen molar-refractivity contribution in [1.29, 1.82) is 0 Å². The van der Waals surface area contributed by atoms with E-state index >= 15 is 0 Å². The second-order valence-corrected chi connectivity index (χ2v) is 7.20. The number of carbonyl (C=O) groups excluding carboxylic acids is 1. The van der Waals surface area contributed by atoms with Crippen LogP contribution in [-0.2, 0) is 11.3 Å². The number of piperidine rings is 1. The summed E-state index contributed by atoms with van der Waals surface area (Å²) >= 11 is 0. The van der Waals surface area contributed by atoms with Crippen molar-refractivity contribution in [2.24, 2.45) is 5.92 Å². The number of pyridine rings is 1. The van der Waals surface area contributed by atoms with E-state index in [1.807, 2.05) is 18.2 Å². The Morgan fingerprint density at radius 2 is 2.35 bits per heavy atom. The number of amides is 1. The molecule has 0 aliphatic carbocycles. The molecule has 2 N–H and O–H groups in total. The Morgan fingerprint density at radius 1 is 1.46 bits per heavy atom. The van der Waals surface area contributed by atoms with Crippen LogP contribution in [0.25, 0.3) is 11.3 Å². The zero-order valence-corrected chi connectivity index (χ0v) is 15.1. The number of rotatable bonds is 4. The quantitative estimate of drug-likeness (QED) is 0.824. The van der Waals surface area contributed by atoms with Gasteiger partial charge in [-0.1, -0.05) is 5.16 Å². The van der Waals surface area contributed by atoms with Crippen molar-refractivity contribution < 1.29 is 9.32 Å². The van der Waals surface area contributed by atoms with Crippen LogP contribution in [0.3, 0.4) is 0 Å². The van der Waals surface area contributed by atoms with Crippen molar-refractivity contribution >= 4 is 5.91 Å². The lowest BCUT2D eigenvalue weighted by molar-refractivity contribution is -0.134. The lowest BCUT2D eigenvalue weighted by Crippen LogP contribution is -2.49. The number of fused-ring (bicyclic) bond motifs is 1. The number of nitrogens with zero attached hydrogens (tertiary/aromatic N) is 4. The van der Waals surface area contributed by atoms with Crippen molar-refractivity contribution in [3.05, 3.63) is 36.4 Å². The smallest absolute Gasteiger partial charge is 0.241 e. The Hall–Kier alpha value is -2.29. The standard InChI is InChI=1S/C18H24N6O2/c1-23-7-5-15-14(11-23)17(21-20-15)18(25)24(2)10-13-8-16(22-26-13)12-4-3-6-19-9-12/h3-4,6,8-9,14-15,17,20-21H,5,7,10-11H2,1-2H3. The maximum absolute atomic E-state index is 12.9. The fourth-order valence-corrected chi connectivity index (χ4v) is 3.80. The van der Waals surface area contributed by atoms with Gasteiger partial charge in [0.2, 0.25) is 5.91 Å². The highest BCUT2D eigenvalue weighted by Gasteiger charge is 2.43. The van der Waals surface area contributed by atoms with Gasteiger partial charge in [0.1, 0.15) is 11.7 Å². The molecule has 0 radical (unpaired) electrons. The van der Waals surface area contributed by atoms with Crippen molar-refractivity contribution in [1.82, 2.24) is 30.8 Å². The topological polar surface area (TPSA) is 86.5 Å². The molecule has 8 heteroatoms. The first kappa shape index (κ1) is 17.1. The van der Waals surface area contributed by atoms with Gasteiger partial charge in [0.25, 0.3) is 0 Å². The zero-order chi connectivity index (χ0) is 18.1. The molecule has 0 saturated carbocycles. The molecule has 2 aliphatic heterocycles. The highest BCUT2D eigenvalue weighted by molar-refractivity contribution is 5.82. The molecule has 26 heavy (non-hydrogen) atoms. The van der Waals surface area contributed by atoms with E-state index in [1.54, 1.807) is 24.3 Å². The van der Waals surface area contributed by atoms with Crippen LogP contribution in [-0.4, -0.2) is 65.1 Å². The van der Waals surface area contributed by atoms with Crippen molar-refractivity contribution in [3.8, 4) is 11.3 Å². The van der Waals surface area contributed by atoms with Gasteiger partial charge in [-0.15, -0.1) is 0 Å². The largest absolute Gasteiger partial charge is 0.359 e. The minimum Gasteiger partial charge on any atom is -0.359 e. The van der Waals surface area contributed by atoms with Gasteiger partial charge in [0.05, 0.1) is 6.54 Å². The monoisotopic (exact) mass is 356 g/mol. The molecule has 2 saturated heterocycles. The fraction of sp³-hybridized carbons (Fsp3) is 0.500. The Kier molecular flexibility index (Phi) is 4.71. The number of likely N-dealkylation sites (tertiary alicyclic amines) is 1. The second kappa shape index (κ2) is 7.14. The predicted molar refractivity (Wildman–Crippen MR) is 95.7 cm³/mol. The Labute approximate surface area is 152 Å². The minimum atomic E-state index is -0.214. The summed E-state index contributed by atoms with van der Waals surface area (Å²) in [6.07, 6.45) is 4.51. The van der Waals surface area contributed by atoms with Gasteiger partial charge in [-0.05, 0) is 32.1 Å². The highest BCUT2D eigenvalue weighted by atomic mass is 16.5. The molecule has 0 bridgehead atoms. The molecule has 3 atom stereocenters. The molecule has 2 fully saturated rings. The molecule has 2 aromatic heterocycles. The summed E-state index contributed by atoms with van der Waals surface area (Å²) in [6.45, 7) is 2.36. The number of carbonyl (C=O) groups is 1. The van der Waals surface area contributed by atoms with Crippen LogP contribution >= 0.6 is 0 Å². The Bertz CT molecular complexity index is 764. The second-order valence-electron chi connectivity index (χ2n) is 7.20. The van der Waals surface area contributed by atoms with E-state index in [1.165, 1.54) is 0 Å². The molecule has 2 aliphatic rings. The molecule has 3 unspecified atom stereocenters. The maximum Gasteiger partial charge on any atom is 0.241 e. The summed E-state index contributed by atoms with van der Waals surface area (Å²) in [7, 11) is 3.91. The van der Waals surface area contributed by atoms with Crippen LogP contribution in [0.4, 0.5) is 0 Å². The van der Waals surface area contributed by atoms with Gasteiger partial charge in [0.15, 0.2) is 5.76 Å². The summed E-state index contributed by atoms with van der Waals surface area (Å²) in [5, 5.41) is 4.08. The maximum atomic E-state index is 12.9. The summed E-state index contributed by atoms with van der Waals surface area (Å²) < 4.78 is 5.41. The van der Waals surface area contributed by atoms with Gasteiger partial charge in [0, 0.05) is 49.6 Å². The number of nitrogens with one attached hydrogen (secondary N) is 2. The van der Waals surface area contributed by atoms with Crippen LogP contribution < -0.4 is 10.9 Å². The van der Waals surface area contributed by atoms with E-state index in [2.05, 4.69) is 32.9 Å². The van der Waals surface area contributed by atoms with Gasteiger partial charge in [-0.3, -0.25) is 15.2 Å². The molecule has 138 valence electrons. The van der Waals surface area contributed by atoms with Crippen LogP contribution in [0, 0.1) is 5.92 Å². The normalized spacial score (nSPS) is 25.8. The summed E-state index contributed by atoms with van der Waals surface area (Å²) in [5.41, 5.74) is 8.10. The molecule has 4 heterocycles. The van der Waals surface area contributed by atoms with Gasteiger partial charge < -0.3 is 14.3 Å². The molecule has 2 aromatic rings. The summed E-state index contributed by atoms with van der Waals surface area (Å²) in [6, 6.07) is 5.79. The molecule has 1 amide bonds. The molecular weight excluding hydrogens is 332 g/mol. The zero-order valence-electron chi connectivity index (χ0n) is 15.1. The third-order valence-corrected chi connectivity index (χ3v) is 5.27. The van der Waals surface area contributed by atoms with Crippen molar-refractivity contribution in [2.45, 2.75) is 25.0 Å². The van der Waals surface area contributed by atoms with Gasteiger partial charge >= 0.3 is 0 Å². The van der Waals surface area contributed by atoms with Crippen LogP contribution in [0.15, 0.2) is 35.1 Å². The molecule has 0 spiro atoms. The average Bonchev–Trinajstić information content (AvgIpc) is 3.28. The molecule has 4 rings (SSSR count). The number of hydrogen-bond acceptors (Lipinski definition) is 7. The van der Waals surface area contributed by atoms with Gasteiger partial charge in [-0.2, -0.15) is 0 Å². The van der Waals surface area contributed by atoms with Gasteiger partial charge in [-0.25, -0.2) is 5.43 Å². The first-order valence-corrected chi connectivity index (χ1v) is 8.92. The Balaban J connectivity index is 1.41. The number of likely N-dealkylation sites (N-methyl/N-ethyl adjacent to an activating group) is 1. The van der Waals surface area contributed by atoms with E-state index in [0.29, 0.717) is 18.3 Å². The highest BCUT2D eigenvalue weighted by Crippen LogP contribution is 2.25. The third-order valence-electron chi connectivity index (χ3n) is 5.27. The third kappa shape index (κ3) is 3.35. The van der Waals surface area contributed by atoms with E-state index < -0.39 is 0 Å². The van der Waals surface area contributed by atoms with E-state index in [0.717, 1.165) is 30.8 Å². The summed E-state index contributed by atoms with van der Waals surface area (Å²) in [4.78, 5) is 21.0. The van der Waals surface area contributed by atoms with E-state index in [4.69, 9.17) is 4.52 Å². The van der Waals surface area contributed by atoms with E-state index in [9.17, 15) is 4.79 Å². The number of hydrazine groups is 1. The predicted octanol–water partition coefficient (Wildman–Crippen LogP) is 0.492. The first-order valence-electron chi connectivity index (χ1n) is 8.92. The van der Waals surface area contributed by atoms with E-state index in [-0.39, 0.29) is 17.9 Å². The lowest BCUT2D eigenvalue weighted by atomic mass is 9.88. The number of hydrogen-bond donors (Lipinski definition) is 2.